The van der Waals surface area contributed by atoms with Crippen molar-refractivity contribution in [2.24, 2.45) is 0 Å². The van der Waals surface area contributed by atoms with Crippen LogP contribution in [0.15, 0.2) is 47.8 Å². The molecule has 0 spiro atoms. The molecule has 2 rings (SSSR count). The van der Waals surface area contributed by atoms with Crippen LogP contribution >= 0.6 is 11.3 Å². The van der Waals surface area contributed by atoms with Crippen LogP contribution in [0, 0.1) is 0 Å². The number of carbonyl (C=O) groups excluding carboxylic acids is 1. The van der Waals surface area contributed by atoms with Gasteiger partial charge in [0.1, 0.15) is 0 Å². The summed E-state index contributed by atoms with van der Waals surface area (Å²) in [5, 5.41) is 1.95. The van der Waals surface area contributed by atoms with E-state index in [1.165, 1.54) is 11.3 Å². The van der Waals surface area contributed by atoms with E-state index in [9.17, 15) is 4.79 Å². The van der Waals surface area contributed by atoms with Crippen LogP contribution in [0.3, 0.4) is 0 Å². The van der Waals surface area contributed by atoms with E-state index in [2.05, 4.69) is 24.0 Å². The Morgan fingerprint density at radius 2 is 1.95 bits per heavy atom. The summed E-state index contributed by atoms with van der Waals surface area (Å²) in [7, 11) is 0. The smallest absolute Gasteiger partial charge is 0.191 e. The van der Waals surface area contributed by atoms with Crippen LogP contribution in [-0.2, 0) is 0 Å². The van der Waals surface area contributed by atoms with Gasteiger partial charge in [0, 0.05) is 12.2 Å². The summed E-state index contributed by atoms with van der Waals surface area (Å²) in [4.78, 5) is 15.2. The molecule has 0 N–H and O–H groups in total. The van der Waals surface area contributed by atoms with Crippen LogP contribution in [0.25, 0.3) is 0 Å². The summed E-state index contributed by atoms with van der Waals surface area (Å²) in [6.45, 7) is 3.56. The Bertz CT molecular complexity index is 493. The van der Waals surface area contributed by atoms with Gasteiger partial charge in [-0.25, -0.2) is 0 Å². The minimum atomic E-state index is 0.204. The molecule has 19 heavy (non-hydrogen) atoms. The number of Topliss-reactive ketones (excluding diaryl/α,β-unsaturated/α-hetero) is 1. The van der Waals surface area contributed by atoms with E-state index in [0.717, 1.165) is 30.0 Å². The van der Waals surface area contributed by atoms with Crippen molar-refractivity contribution in [2.45, 2.75) is 19.8 Å². The zero-order valence-corrected chi connectivity index (χ0v) is 12.0. The third-order valence-electron chi connectivity index (χ3n) is 3.03. The van der Waals surface area contributed by atoms with Gasteiger partial charge in [-0.1, -0.05) is 37.6 Å². The molecule has 1 aromatic carbocycles. The summed E-state index contributed by atoms with van der Waals surface area (Å²) in [6.07, 6.45) is 2.24. The average molecular weight is 273 g/mol. The van der Waals surface area contributed by atoms with Gasteiger partial charge in [0.05, 0.1) is 11.4 Å². The molecule has 1 aromatic heterocycles. The van der Waals surface area contributed by atoms with Gasteiger partial charge in [-0.3, -0.25) is 4.79 Å². The minimum absolute atomic E-state index is 0.204. The van der Waals surface area contributed by atoms with E-state index in [4.69, 9.17) is 0 Å². The number of anilines is 1. The first-order chi connectivity index (χ1) is 9.31. The first-order valence-corrected chi connectivity index (χ1v) is 7.56. The quantitative estimate of drug-likeness (QED) is 0.703. The number of nitrogens with zero attached hydrogens (tertiary/aromatic N) is 1. The largest absolute Gasteiger partial charge is 0.364 e. The molecule has 0 atom stereocenters. The minimum Gasteiger partial charge on any atom is -0.364 e. The maximum Gasteiger partial charge on any atom is 0.191 e. The van der Waals surface area contributed by atoms with Crippen LogP contribution in [0.5, 0.6) is 0 Å². The zero-order valence-electron chi connectivity index (χ0n) is 11.2. The molecule has 0 saturated heterocycles. The lowest BCUT2D eigenvalue weighted by molar-refractivity contribution is 0.100. The van der Waals surface area contributed by atoms with Crippen LogP contribution < -0.4 is 4.90 Å². The molecule has 0 aliphatic rings. The predicted molar refractivity (Wildman–Crippen MR) is 82.2 cm³/mol. The molecule has 0 bridgehead atoms. The molecule has 2 aromatic rings. The van der Waals surface area contributed by atoms with Gasteiger partial charge in [-0.15, -0.1) is 11.3 Å². The number of ketones is 1. The summed E-state index contributed by atoms with van der Waals surface area (Å²) in [5.74, 6) is 0.204. The Balaban J connectivity index is 2.08. The third kappa shape index (κ3) is 3.93. The number of thiophene rings is 1. The monoisotopic (exact) mass is 273 g/mol. The Morgan fingerprint density at radius 1 is 1.16 bits per heavy atom. The second-order valence-corrected chi connectivity index (χ2v) is 5.46. The first-order valence-electron chi connectivity index (χ1n) is 6.68. The highest BCUT2D eigenvalue weighted by Crippen LogP contribution is 2.16. The summed E-state index contributed by atoms with van der Waals surface area (Å²) >= 11 is 1.52. The van der Waals surface area contributed by atoms with Gasteiger partial charge in [0.2, 0.25) is 0 Å². The maximum absolute atomic E-state index is 12.2. The van der Waals surface area contributed by atoms with E-state index < -0.39 is 0 Å². The molecular formula is C16H19NOS. The first kappa shape index (κ1) is 13.8. The molecular weight excluding hydrogens is 254 g/mol. The second-order valence-electron chi connectivity index (χ2n) is 4.51. The molecule has 0 amide bonds. The Hall–Kier alpha value is -1.61. The standard InChI is InChI=1S/C16H19NOS/c1-2-3-11-17(14-8-5-4-6-9-14)13-15(18)16-10-7-12-19-16/h4-10,12H,2-3,11,13H2,1H3. The van der Waals surface area contributed by atoms with Crippen molar-refractivity contribution in [1.29, 1.82) is 0 Å². The van der Waals surface area contributed by atoms with Crippen molar-refractivity contribution in [3.8, 4) is 0 Å². The molecule has 0 unspecified atom stereocenters. The van der Waals surface area contributed by atoms with Gasteiger partial charge in [-0.2, -0.15) is 0 Å². The van der Waals surface area contributed by atoms with E-state index in [1.54, 1.807) is 0 Å². The average Bonchev–Trinajstić information content (AvgIpc) is 2.98. The van der Waals surface area contributed by atoms with Crippen molar-refractivity contribution in [3.63, 3.8) is 0 Å². The number of unbranched alkanes of at least 4 members (excludes halogenated alkanes) is 1. The second kappa shape index (κ2) is 7.10. The maximum atomic E-state index is 12.2. The fourth-order valence-corrected chi connectivity index (χ4v) is 2.63. The van der Waals surface area contributed by atoms with Gasteiger partial charge in [-0.05, 0) is 30.0 Å². The Morgan fingerprint density at radius 3 is 2.58 bits per heavy atom. The fraction of sp³-hybridized carbons (Fsp3) is 0.312. The fourth-order valence-electron chi connectivity index (χ4n) is 1.98. The molecule has 1 heterocycles. The van der Waals surface area contributed by atoms with Crippen molar-refractivity contribution in [2.75, 3.05) is 18.0 Å². The summed E-state index contributed by atoms with van der Waals surface area (Å²) in [6, 6.07) is 14.0. The van der Waals surface area contributed by atoms with E-state index in [1.807, 2.05) is 35.7 Å². The number of hydrogen-bond donors (Lipinski definition) is 0. The summed E-state index contributed by atoms with van der Waals surface area (Å²) in [5.41, 5.74) is 1.13. The van der Waals surface area contributed by atoms with Crippen LogP contribution in [-0.4, -0.2) is 18.9 Å². The van der Waals surface area contributed by atoms with Crippen molar-refractivity contribution in [1.82, 2.24) is 0 Å². The highest BCUT2D eigenvalue weighted by atomic mass is 32.1. The van der Waals surface area contributed by atoms with Crippen molar-refractivity contribution >= 4 is 22.8 Å². The molecule has 0 aliphatic carbocycles. The third-order valence-corrected chi connectivity index (χ3v) is 3.94. The zero-order chi connectivity index (χ0) is 13.5. The predicted octanol–water partition coefficient (Wildman–Crippen LogP) is 4.24. The molecule has 0 saturated carbocycles. The van der Waals surface area contributed by atoms with E-state index >= 15 is 0 Å². The summed E-state index contributed by atoms with van der Waals surface area (Å²) < 4.78 is 0. The van der Waals surface area contributed by atoms with Gasteiger partial charge in [0.15, 0.2) is 5.78 Å². The van der Waals surface area contributed by atoms with E-state index in [-0.39, 0.29) is 5.78 Å². The van der Waals surface area contributed by atoms with Crippen LogP contribution in [0.2, 0.25) is 0 Å². The van der Waals surface area contributed by atoms with Gasteiger partial charge >= 0.3 is 0 Å². The molecule has 3 heteroatoms. The molecule has 2 nitrogen and oxygen atoms in total. The number of carbonyl (C=O) groups is 1. The molecule has 100 valence electrons. The van der Waals surface area contributed by atoms with Crippen molar-refractivity contribution < 1.29 is 4.79 Å². The van der Waals surface area contributed by atoms with Crippen LogP contribution in [0.4, 0.5) is 5.69 Å². The number of para-hydroxylation sites is 1. The normalized spacial score (nSPS) is 10.4. The molecule has 0 radical (unpaired) electrons. The SMILES string of the molecule is CCCCN(CC(=O)c1cccs1)c1ccccc1. The lowest BCUT2D eigenvalue weighted by Gasteiger charge is -2.23. The number of benzene rings is 1. The van der Waals surface area contributed by atoms with Crippen LogP contribution in [0.1, 0.15) is 29.4 Å². The Labute approximate surface area is 118 Å². The topological polar surface area (TPSA) is 20.3 Å². The van der Waals surface area contributed by atoms with Gasteiger partial charge < -0.3 is 4.90 Å². The Kier molecular flexibility index (Phi) is 5.16. The lowest BCUT2D eigenvalue weighted by atomic mass is 10.2. The van der Waals surface area contributed by atoms with E-state index in [0.29, 0.717) is 6.54 Å². The molecule has 0 aliphatic heterocycles. The number of rotatable bonds is 7. The highest BCUT2D eigenvalue weighted by Gasteiger charge is 2.13. The van der Waals surface area contributed by atoms with Gasteiger partial charge in [0.25, 0.3) is 0 Å². The van der Waals surface area contributed by atoms with Crippen molar-refractivity contribution in [3.05, 3.63) is 52.7 Å². The number of hydrogen-bond acceptors (Lipinski definition) is 3. The lowest BCUT2D eigenvalue weighted by Crippen LogP contribution is -2.30. The highest BCUT2D eigenvalue weighted by molar-refractivity contribution is 7.12. The molecule has 0 fully saturated rings.